The molecule has 3 heterocycles. The highest BCUT2D eigenvalue weighted by Gasteiger charge is 2.19. The first-order chi connectivity index (χ1) is 14.6. The number of aromatic amines is 2. The zero-order valence-electron chi connectivity index (χ0n) is 17.3. The molecule has 0 radical (unpaired) electrons. The number of fused-ring (bicyclic) bond motifs is 1. The number of hydrogen-bond acceptors (Lipinski definition) is 6. The summed E-state index contributed by atoms with van der Waals surface area (Å²) in [4.78, 5) is 29.7. The van der Waals surface area contributed by atoms with Crippen LogP contribution < -0.4 is 10.9 Å². The van der Waals surface area contributed by atoms with Gasteiger partial charge in [0.15, 0.2) is 0 Å². The standard InChI is InChI=1S/C21H29N5O4/c1-26(12-19-16-4-2-3-5-18(16)24-25-19)11-14-6-7-17(21(28)23-14)20(27)22-10-15-13-29-8-9-30-15/h6-7,15H,2-5,8-13H2,1H3,(H,22,27)(H,23,28)(H,24,25)/t15-/m1/s1. The number of amides is 1. The minimum absolute atomic E-state index is 0.0968. The molecule has 1 atom stereocenters. The van der Waals surface area contributed by atoms with E-state index in [1.807, 2.05) is 7.05 Å². The Bertz CT molecular complexity index is 932. The van der Waals surface area contributed by atoms with Crippen LogP contribution in [0, 0.1) is 0 Å². The van der Waals surface area contributed by atoms with Gasteiger partial charge in [-0.1, -0.05) is 0 Å². The normalized spacial score (nSPS) is 18.9. The van der Waals surface area contributed by atoms with Crippen LogP contribution in [0.3, 0.4) is 0 Å². The smallest absolute Gasteiger partial charge is 0.261 e. The number of hydrogen-bond donors (Lipinski definition) is 3. The number of H-pyrrole nitrogens is 2. The van der Waals surface area contributed by atoms with E-state index < -0.39 is 11.5 Å². The van der Waals surface area contributed by atoms with Crippen LogP contribution >= 0.6 is 0 Å². The molecule has 1 amide bonds. The summed E-state index contributed by atoms with van der Waals surface area (Å²) in [6, 6.07) is 3.36. The molecule has 1 saturated heterocycles. The van der Waals surface area contributed by atoms with E-state index in [-0.39, 0.29) is 11.7 Å². The van der Waals surface area contributed by atoms with Gasteiger partial charge in [-0.25, -0.2) is 0 Å². The van der Waals surface area contributed by atoms with E-state index in [4.69, 9.17) is 9.47 Å². The molecule has 30 heavy (non-hydrogen) atoms. The first-order valence-corrected chi connectivity index (χ1v) is 10.5. The number of nitrogens with one attached hydrogen (secondary N) is 3. The molecule has 1 aliphatic carbocycles. The Morgan fingerprint density at radius 2 is 2.13 bits per heavy atom. The van der Waals surface area contributed by atoms with E-state index in [1.54, 1.807) is 12.1 Å². The molecule has 1 fully saturated rings. The zero-order chi connectivity index (χ0) is 20.9. The molecular formula is C21H29N5O4. The van der Waals surface area contributed by atoms with Gasteiger partial charge in [-0.2, -0.15) is 5.10 Å². The van der Waals surface area contributed by atoms with Crippen molar-refractivity contribution >= 4 is 5.91 Å². The molecule has 2 aromatic heterocycles. The number of rotatable bonds is 7. The van der Waals surface area contributed by atoms with E-state index in [0.717, 1.165) is 24.2 Å². The second-order valence-electron chi connectivity index (χ2n) is 8.01. The highest BCUT2D eigenvalue weighted by atomic mass is 16.6. The summed E-state index contributed by atoms with van der Waals surface area (Å²) >= 11 is 0. The summed E-state index contributed by atoms with van der Waals surface area (Å²) in [6.07, 6.45) is 4.39. The third kappa shape index (κ3) is 4.97. The Labute approximate surface area is 175 Å². The van der Waals surface area contributed by atoms with Crippen molar-refractivity contribution in [3.05, 3.63) is 50.7 Å². The fraction of sp³-hybridized carbons (Fsp3) is 0.571. The molecule has 0 bridgehead atoms. The topological polar surface area (TPSA) is 112 Å². The van der Waals surface area contributed by atoms with Gasteiger partial charge in [-0.05, 0) is 50.4 Å². The van der Waals surface area contributed by atoms with Crippen LogP contribution in [0.5, 0.6) is 0 Å². The van der Waals surface area contributed by atoms with E-state index in [9.17, 15) is 9.59 Å². The molecule has 9 heteroatoms. The Kier molecular flexibility index (Phi) is 6.61. The molecule has 3 N–H and O–H groups in total. The highest BCUT2D eigenvalue weighted by molar-refractivity contribution is 5.93. The first kappa shape index (κ1) is 20.8. The van der Waals surface area contributed by atoms with Crippen LogP contribution in [0.15, 0.2) is 16.9 Å². The molecule has 0 aromatic carbocycles. The third-order valence-electron chi connectivity index (χ3n) is 5.59. The van der Waals surface area contributed by atoms with Crippen molar-refractivity contribution in [3.8, 4) is 0 Å². The zero-order valence-corrected chi connectivity index (χ0v) is 17.3. The van der Waals surface area contributed by atoms with Gasteiger partial charge in [-0.15, -0.1) is 0 Å². The van der Waals surface area contributed by atoms with Gasteiger partial charge >= 0.3 is 0 Å². The molecule has 9 nitrogen and oxygen atoms in total. The maximum Gasteiger partial charge on any atom is 0.261 e. The van der Waals surface area contributed by atoms with Gasteiger partial charge in [0.1, 0.15) is 5.56 Å². The quantitative estimate of drug-likeness (QED) is 0.615. The predicted octanol–water partition coefficient (Wildman–Crippen LogP) is 0.754. The monoisotopic (exact) mass is 415 g/mol. The largest absolute Gasteiger partial charge is 0.376 e. The average molecular weight is 415 g/mol. The molecule has 0 spiro atoms. The van der Waals surface area contributed by atoms with E-state index in [0.29, 0.717) is 39.5 Å². The number of aromatic nitrogens is 3. The molecule has 0 saturated carbocycles. The first-order valence-electron chi connectivity index (χ1n) is 10.5. The van der Waals surface area contributed by atoms with Crippen LogP contribution in [-0.2, 0) is 35.4 Å². The van der Waals surface area contributed by atoms with Crippen molar-refractivity contribution in [1.82, 2.24) is 25.4 Å². The van der Waals surface area contributed by atoms with E-state index >= 15 is 0 Å². The van der Waals surface area contributed by atoms with Crippen molar-refractivity contribution in [3.63, 3.8) is 0 Å². The summed E-state index contributed by atoms with van der Waals surface area (Å²) in [5, 5.41) is 10.4. The average Bonchev–Trinajstić information content (AvgIpc) is 3.15. The maximum atomic E-state index is 12.4. The minimum Gasteiger partial charge on any atom is -0.376 e. The predicted molar refractivity (Wildman–Crippen MR) is 110 cm³/mol. The Morgan fingerprint density at radius 1 is 1.27 bits per heavy atom. The minimum atomic E-state index is -0.409. The van der Waals surface area contributed by atoms with Gasteiger partial charge in [-0.3, -0.25) is 19.6 Å². The number of carbonyl (C=O) groups excluding carboxylic acids is 1. The lowest BCUT2D eigenvalue weighted by Crippen LogP contribution is -2.41. The fourth-order valence-electron chi connectivity index (χ4n) is 4.02. The second kappa shape index (κ2) is 9.55. The van der Waals surface area contributed by atoms with Gasteiger partial charge in [0, 0.05) is 31.0 Å². The number of nitrogens with zero attached hydrogens (tertiary/aromatic N) is 2. The van der Waals surface area contributed by atoms with Crippen LogP contribution in [0.25, 0.3) is 0 Å². The molecule has 1 aliphatic heterocycles. The highest BCUT2D eigenvalue weighted by Crippen LogP contribution is 2.23. The van der Waals surface area contributed by atoms with Crippen LogP contribution in [0.1, 0.15) is 45.8 Å². The Hall–Kier alpha value is -2.49. The molecule has 2 aromatic rings. The summed E-state index contributed by atoms with van der Waals surface area (Å²) in [5.74, 6) is -0.409. The lowest BCUT2D eigenvalue weighted by molar-refractivity contribution is -0.0855. The van der Waals surface area contributed by atoms with Gasteiger partial charge in [0.05, 0.1) is 31.6 Å². The summed E-state index contributed by atoms with van der Waals surface area (Å²) in [5.41, 5.74) is 4.15. The molecule has 2 aliphatic rings. The van der Waals surface area contributed by atoms with Crippen molar-refractivity contribution in [2.24, 2.45) is 0 Å². The molecular weight excluding hydrogens is 386 g/mol. The molecule has 162 valence electrons. The van der Waals surface area contributed by atoms with Gasteiger partial charge < -0.3 is 19.8 Å². The van der Waals surface area contributed by atoms with Crippen LogP contribution in [0.2, 0.25) is 0 Å². The maximum absolute atomic E-state index is 12.4. The van der Waals surface area contributed by atoms with Crippen molar-refractivity contribution in [2.75, 3.05) is 33.4 Å². The lowest BCUT2D eigenvalue weighted by Gasteiger charge is -2.23. The molecule has 4 rings (SSSR count). The molecule has 0 unspecified atom stereocenters. The van der Waals surface area contributed by atoms with Crippen molar-refractivity contribution in [1.29, 1.82) is 0 Å². The summed E-state index contributed by atoms with van der Waals surface area (Å²) < 4.78 is 10.8. The fourth-order valence-corrected chi connectivity index (χ4v) is 4.02. The van der Waals surface area contributed by atoms with E-state index in [2.05, 4.69) is 25.4 Å². The van der Waals surface area contributed by atoms with Gasteiger partial charge in [0.2, 0.25) is 0 Å². The van der Waals surface area contributed by atoms with Crippen molar-refractivity contribution in [2.45, 2.75) is 44.9 Å². The van der Waals surface area contributed by atoms with Crippen molar-refractivity contribution < 1.29 is 14.3 Å². The number of ether oxygens (including phenoxy) is 2. The van der Waals surface area contributed by atoms with Crippen LogP contribution in [-0.4, -0.2) is 65.5 Å². The third-order valence-corrected chi connectivity index (χ3v) is 5.59. The Morgan fingerprint density at radius 3 is 2.93 bits per heavy atom. The summed E-state index contributed by atoms with van der Waals surface area (Å²) in [6.45, 7) is 3.12. The van der Waals surface area contributed by atoms with Crippen LogP contribution in [0.4, 0.5) is 0 Å². The number of carbonyl (C=O) groups is 1. The Balaban J connectivity index is 1.32. The second-order valence-corrected chi connectivity index (χ2v) is 8.01. The number of pyridine rings is 1. The lowest BCUT2D eigenvalue weighted by atomic mass is 9.96. The van der Waals surface area contributed by atoms with E-state index in [1.165, 1.54) is 24.1 Å². The SMILES string of the molecule is CN(Cc1ccc(C(=O)NC[C@@H]2COCCO2)c(=O)[nH]1)Cc1n[nH]c2c1CCCC2. The number of aryl methyl sites for hydroxylation is 1. The van der Waals surface area contributed by atoms with Gasteiger partial charge in [0.25, 0.3) is 11.5 Å². The summed E-state index contributed by atoms with van der Waals surface area (Å²) in [7, 11) is 2.00.